The van der Waals surface area contributed by atoms with Gasteiger partial charge in [0.2, 0.25) is 0 Å². The van der Waals surface area contributed by atoms with Gasteiger partial charge in [0.25, 0.3) is 5.56 Å². The number of hydrogen-bond acceptors (Lipinski definition) is 5. The number of rotatable bonds is 2. The lowest BCUT2D eigenvalue weighted by Gasteiger charge is -2.16. The van der Waals surface area contributed by atoms with Crippen molar-refractivity contribution in [2.24, 2.45) is 0 Å². The highest BCUT2D eigenvalue weighted by molar-refractivity contribution is 6.34. The molecule has 0 aliphatic carbocycles. The van der Waals surface area contributed by atoms with Crippen LogP contribution in [0, 0.1) is 0 Å². The topological polar surface area (TPSA) is 90.9 Å². The first-order valence-electron chi connectivity index (χ1n) is 8.05. The maximum atomic E-state index is 13.2. The van der Waals surface area contributed by atoms with Crippen LogP contribution in [0.2, 0.25) is 5.15 Å². The third-order valence-electron chi connectivity index (χ3n) is 4.41. The molecule has 4 aromatic rings. The van der Waals surface area contributed by atoms with Crippen molar-refractivity contribution in [3.05, 3.63) is 63.7 Å². The average molecular weight is 375 g/mol. The van der Waals surface area contributed by atoms with E-state index in [1.807, 2.05) is 0 Å². The van der Waals surface area contributed by atoms with Crippen LogP contribution in [0.3, 0.4) is 0 Å². The van der Waals surface area contributed by atoms with E-state index in [0.717, 1.165) is 0 Å². The van der Waals surface area contributed by atoms with E-state index in [9.17, 15) is 9.59 Å². The summed E-state index contributed by atoms with van der Waals surface area (Å²) in [5, 5.41) is 2.12. The highest BCUT2D eigenvalue weighted by Crippen LogP contribution is 2.29. The van der Waals surface area contributed by atoms with Crippen LogP contribution in [0.5, 0.6) is 0 Å². The Morgan fingerprint density at radius 3 is 2.67 bits per heavy atom. The van der Waals surface area contributed by atoms with Gasteiger partial charge in [-0.25, -0.2) is 9.97 Å². The molecular formula is C19H12BClN4O2. The molecule has 0 aliphatic rings. The number of hydrogen-bond donors (Lipinski definition) is 1. The average Bonchev–Trinajstić information content (AvgIpc) is 2.62. The summed E-state index contributed by atoms with van der Waals surface area (Å²) in [4.78, 5) is 33.7. The van der Waals surface area contributed by atoms with Crippen molar-refractivity contribution < 1.29 is 4.79 Å². The van der Waals surface area contributed by atoms with E-state index < -0.39 is 11.3 Å². The van der Waals surface area contributed by atoms with Crippen LogP contribution in [0.15, 0.2) is 47.4 Å². The van der Waals surface area contributed by atoms with Gasteiger partial charge in [0.05, 0.1) is 11.4 Å². The van der Waals surface area contributed by atoms with Crippen LogP contribution in [0.25, 0.3) is 27.5 Å². The molecule has 27 heavy (non-hydrogen) atoms. The number of anilines is 1. The van der Waals surface area contributed by atoms with Crippen LogP contribution in [0.4, 0.5) is 5.69 Å². The molecule has 0 saturated carbocycles. The number of halogens is 1. The van der Waals surface area contributed by atoms with Gasteiger partial charge < -0.3 is 5.73 Å². The molecule has 3 aromatic heterocycles. The summed E-state index contributed by atoms with van der Waals surface area (Å²) in [6, 6.07) is 10.2. The zero-order valence-corrected chi connectivity index (χ0v) is 15.0. The van der Waals surface area contributed by atoms with E-state index in [2.05, 4.69) is 9.97 Å². The number of nitrogens with zero attached hydrogens (tertiary/aromatic N) is 3. The van der Waals surface area contributed by atoms with Crippen molar-refractivity contribution in [2.45, 2.75) is 6.92 Å². The Hall–Kier alpha value is -3.19. The normalized spacial score (nSPS) is 11.2. The largest absolute Gasteiger partial charge is 0.397 e. The first-order valence-corrected chi connectivity index (χ1v) is 8.43. The SMILES string of the molecule is [B]c1ccc2c(N)c(C(C)=O)c(=O)n(-c3cccc4c(Cl)nccc34)c2n1. The number of fused-ring (bicyclic) bond motifs is 2. The van der Waals surface area contributed by atoms with Crippen molar-refractivity contribution in [1.82, 2.24) is 14.5 Å². The molecule has 4 rings (SSSR count). The van der Waals surface area contributed by atoms with Crippen LogP contribution in [0.1, 0.15) is 17.3 Å². The molecule has 8 heteroatoms. The fourth-order valence-electron chi connectivity index (χ4n) is 3.22. The van der Waals surface area contributed by atoms with E-state index in [0.29, 0.717) is 27.0 Å². The van der Waals surface area contributed by atoms with Crippen molar-refractivity contribution in [1.29, 1.82) is 0 Å². The van der Waals surface area contributed by atoms with E-state index in [-0.39, 0.29) is 22.5 Å². The third-order valence-corrected chi connectivity index (χ3v) is 4.71. The second-order valence-corrected chi connectivity index (χ2v) is 6.42. The van der Waals surface area contributed by atoms with Crippen molar-refractivity contribution >= 4 is 58.3 Å². The van der Waals surface area contributed by atoms with Gasteiger partial charge in [0.1, 0.15) is 24.2 Å². The van der Waals surface area contributed by atoms with Gasteiger partial charge >= 0.3 is 0 Å². The maximum Gasteiger partial charge on any atom is 0.269 e. The number of nitrogen functional groups attached to an aromatic ring is 1. The number of carbonyl (C=O) groups is 1. The van der Waals surface area contributed by atoms with Crippen LogP contribution in [-0.2, 0) is 0 Å². The number of nitrogens with two attached hydrogens (primary N) is 1. The van der Waals surface area contributed by atoms with Crippen LogP contribution >= 0.6 is 11.6 Å². The van der Waals surface area contributed by atoms with E-state index >= 15 is 0 Å². The minimum atomic E-state index is -0.564. The minimum Gasteiger partial charge on any atom is -0.397 e. The molecule has 2 radical (unpaired) electrons. The Morgan fingerprint density at radius 1 is 1.15 bits per heavy atom. The molecule has 1 aromatic carbocycles. The van der Waals surface area contributed by atoms with E-state index in [4.69, 9.17) is 25.2 Å². The second-order valence-electron chi connectivity index (χ2n) is 6.07. The number of pyridine rings is 3. The lowest BCUT2D eigenvalue weighted by molar-refractivity contribution is 0.101. The van der Waals surface area contributed by atoms with Gasteiger partial charge in [0.15, 0.2) is 5.78 Å². The molecule has 0 aliphatic heterocycles. The predicted octanol–water partition coefficient (Wildman–Crippen LogP) is 2.17. The number of Topliss-reactive ketones (excluding diaryl/α,β-unsaturated/α-hetero) is 1. The maximum absolute atomic E-state index is 13.2. The lowest BCUT2D eigenvalue weighted by Crippen LogP contribution is -2.28. The van der Waals surface area contributed by atoms with E-state index in [1.165, 1.54) is 11.5 Å². The highest BCUT2D eigenvalue weighted by atomic mass is 35.5. The molecule has 6 nitrogen and oxygen atoms in total. The van der Waals surface area contributed by atoms with Gasteiger partial charge in [-0.2, -0.15) is 0 Å². The fourth-order valence-corrected chi connectivity index (χ4v) is 3.44. The zero-order chi connectivity index (χ0) is 19.3. The number of ketones is 1. The summed E-state index contributed by atoms with van der Waals surface area (Å²) in [6.07, 6.45) is 1.55. The van der Waals surface area contributed by atoms with Gasteiger partial charge in [-0.15, -0.1) is 0 Å². The Bertz CT molecular complexity index is 1320. The summed E-state index contributed by atoms with van der Waals surface area (Å²) in [5.74, 6) is -0.426. The fraction of sp³-hybridized carbons (Fsp3) is 0.0526. The molecule has 130 valence electrons. The first-order chi connectivity index (χ1) is 12.9. The molecule has 2 N–H and O–H groups in total. The molecule has 0 fully saturated rings. The van der Waals surface area contributed by atoms with Gasteiger partial charge in [-0.1, -0.05) is 29.8 Å². The van der Waals surface area contributed by atoms with Crippen LogP contribution < -0.4 is 16.9 Å². The van der Waals surface area contributed by atoms with Crippen molar-refractivity contribution in [3.63, 3.8) is 0 Å². The van der Waals surface area contributed by atoms with Gasteiger partial charge in [-0.05, 0) is 30.7 Å². The van der Waals surface area contributed by atoms with Crippen molar-refractivity contribution in [3.8, 4) is 5.69 Å². The molecule has 0 bridgehead atoms. The molecule has 3 heterocycles. The molecule has 0 saturated heterocycles. The zero-order valence-electron chi connectivity index (χ0n) is 14.2. The molecular weight excluding hydrogens is 363 g/mol. The molecule has 0 atom stereocenters. The third kappa shape index (κ3) is 2.59. The Balaban J connectivity index is 2.27. The smallest absolute Gasteiger partial charge is 0.269 e. The minimum absolute atomic E-state index is 0.0891. The molecule has 0 spiro atoms. The summed E-state index contributed by atoms with van der Waals surface area (Å²) < 4.78 is 1.34. The standard InChI is InChI=1S/C19H12BClN4O2/c1-9(26)15-16(22)12-5-6-14(20)24-18(12)25(19(15)27)13-4-2-3-11-10(13)7-8-23-17(11)21/h2-8H,22H2,1H3. The number of aromatic nitrogens is 3. The molecule has 0 amide bonds. The lowest BCUT2D eigenvalue weighted by atomic mass is 10.0. The first kappa shape index (κ1) is 17.2. The van der Waals surface area contributed by atoms with Crippen molar-refractivity contribution in [2.75, 3.05) is 5.73 Å². The second kappa shape index (κ2) is 6.21. The molecule has 0 unspecified atom stereocenters. The van der Waals surface area contributed by atoms with E-state index in [1.54, 1.807) is 42.6 Å². The highest BCUT2D eigenvalue weighted by Gasteiger charge is 2.21. The summed E-state index contributed by atoms with van der Waals surface area (Å²) >= 11 is 6.20. The van der Waals surface area contributed by atoms with Gasteiger partial charge in [0, 0.05) is 22.4 Å². The predicted molar refractivity (Wildman–Crippen MR) is 107 cm³/mol. The number of carbonyl (C=O) groups excluding carboxylic acids is 1. The van der Waals surface area contributed by atoms with Crippen LogP contribution in [-0.4, -0.2) is 28.2 Å². The Labute approximate surface area is 160 Å². The Morgan fingerprint density at radius 2 is 1.93 bits per heavy atom. The quantitative estimate of drug-likeness (QED) is 0.330. The monoisotopic (exact) mass is 374 g/mol. The number of benzene rings is 1. The Kier molecular flexibility index (Phi) is 3.96. The summed E-state index contributed by atoms with van der Waals surface area (Å²) in [6.45, 7) is 1.30. The van der Waals surface area contributed by atoms with Gasteiger partial charge in [-0.3, -0.25) is 14.2 Å². The summed E-state index contributed by atoms with van der Waals surface area (Å²) in [7, 11) is 5.84. The summed E-state index contributed by atoms with van der Waals surface area (Å²) in [5.41, 5.74) is 6.54.